The minimum Gasteiger partial charge on any atom is -0.357 e. The van der Waals surface area contributed by atoms with Crippen molar-refractivity contribution >= 4 is 11.8 Å². The summed E-state index contributed by atoms with van der Waals surface area (Å²) in [6, 6.07) is 17.6. The van der Waals surface area contributed by atoms with Crippen molar-refractivity contribution in [1.82, 2.24) is 10.2 Å². The first-order valence-electron chi connectivity index (χ1n) is 9.15. The lowest BCUT2D eigenvalue weighted by Gasteiger charge is -2.30. The number of likely N-dealkylation sites (N-methyl/N-ethyl adjacent to an activating group) is 1. The maximum Gasteiger partial charge on any atom is 0.242 e. The average molecular weight is 352 g/mol. The fourth-order valence-electron chi connectivity index (χ4n) is 3.02. The topological polar surface area (TPSA) is 49.4 Å². The van der Waals surface area contributed by atoms with Gasteiger partial charge < -0.3 is 10.2 Å². The van der Waals surface area contributed by atoms with E-state index in [0.29, 0.717) is 25.8 Å². The van der Waals surface area contributed by atoms with Gasteiger partial charge in [0.2, 0.25) is 11.8 Å². The number of hydrogen-bond acceptors (Lipinski definition) is 2. The molecule has 4 heteroatoms. The highest BCUT2D eigenvalue weighted by Gasteiger charge is 2.27. The molecule has 138 valence electrons. The van der Waals surface area contributed by atoms with E-state index in [9.17, 15) is 9.59 Å². The highest BCUT2D eigenvalue weighted by atomic mass is 16.2. The molecule has 0 aliphatic rings. The van der Waals surface area contributed by atoms with E-state index < -0.39 is 6.04 Å². The van der Waals surface area contributed by atoms with E-state index in [4.69, 9.17) is 0 Å². The summed E-state index contributed by atoms with van der Waals surface area (Å²) in [7, 11) is 1.61. The molecule has 2 rings (SSSR count). The molecule has 2 aromatic rings. The Labute approximate surface area is 156 Å². The average Bonchev–Trinajstić information content (AvgIpc) is 2.67. The Bertz CT molecular complexity index is 711. The molecule has 1 N–H and O–H groups in total. The van der Waals surface area contributed by atoms with Gasteiger partial charge in [0.05, 0.1) is 0 Å². The van der Waals surface area contributed by atoms with Gasteiger partial charge >= 0.3 is 0 Å². The molecule has 1 atom stereocenters. The number of nitrogens with one attached hydrogen (secondary N) is 1. The number of aryl methyl sites for hydroxylation is 2. The van der Waals surface area contributed by atoms with Crippen molar-refractivity contribution in [2.24, 2.45) is 0 Å². The number of hydrogen-bond donors (Lipinski definition) is 1. The standard InChI is InChI=1S/C22H28N2O2/c1-4-20(22(26)23-3)24(16-19-8-6-5-7-9-19)21(25)15-14-18-12-10-17(2)11-13-18/h5-13,20H,4,14-16H2,1-3H3,(H,23,26)/t20-/m1/s1. The first kappa shape index (κ1) is 19.7. The summed E-state index contributed by atoms with van der Waals surface area (Å²) in [5, 5.41) is 2.68. The van der Waals surface area contributed by atoms with Crippen molar-refractivity contribution in [3.8, 4) is 0 Å². The van der Waals surface area contributed by atoms with Gasteiger partial charge in [-0.2, -0.15) is 0 Å². The Kier molecular flexibility index (Phi) is 7.39. The van der Waals surface area contributed by atoms with Crippen LogP contribution in [0.3, 0.4) is 0 Å². The van der Waals surface area contributed by atoms with Crippen LogP contribution in [-0.4, -0.2) is 29.8 Å². The number of nitrogens with zero attached hydrogens (tertiary/aromatic N) is 1. The zero-order valence-corrected chi connectivity index (χ0v) is 15.9. The van der Waals surface area contributed by atoms with Gasteiger partial charge in [0.25, 0.3) is 0 Å². The zero-order chi connectivity index (χ0) is 18.9. The van der Waals surface area contributed by atoms with Gasteiger partial charge in [-0.05, 0) is 30.9 Å². The predicted octanol–water partition coefficient (Wildman–Crippen LogP) is 3.48. The lowest BCUT2D eigenvalue weighted by molar-refractivity contribution is -0.141. The summed E-state index contributed by atoms with van der Waals surface area (Å²) in [5.74, 6) is -0.114. The molecule has 0 heterocycles. The normalized spacial score (nSPS) is 11.7. The summed E-state index contributed by atoms with van der Waals surface area (Å²) < 4.78 is 0. The second-order valence-corrected chi connectivity index (χ2v) is 6.53. The number of benzene rings is 2. The van der Waals surface area contributed by atoms with E-state index >= 15 is 0 Å². The van der Waals surface area contributed by atoms with E-state index in [1.807, 2.05) is 44.2 Å². The van der Waals surface area contributed by atoms with Crippen molar-refractivity contribution in [2.75, 3.05) is 7.05 Å². The Morgan fingerprint density at radius 1 is 1.00 bits per heavy atom. The van der Waals surface area contributed by atoms with Crippen LogP contribution in [0.25, 0.3) is 0 Å². The highest BCUT2D eigenvalue weighted by molar-refractivity contribution is 5.87. The molecule has 26 heavy (non-hydrogen) atoms. The van der Waals surface area contributed by atoms with Crippen molar-refractivity contribution in [2.45, 2.75) is 45.7 Å². The van der Waals surface area contributed by atoms with Crippen LogP contribution >= 0.6 is 0 Å². The van der Waals surface area contributed by atoms with Crippen LogP contribution in [-0.2, 0) is 22.6 Å². The first-order valence-corrected chi connectivity index (χ1v) is 9.15. The van der Waals surface area contributed by atoms with Crippen molar-refractivity contribution < 1.29 is 9.59 Å². The number of amides is 2. The molecule has 0 spiro atoms. The number of carbonyl (C=O) groups excluding carboxylic acids is 2. The second-order valence-electron chi connectivity index (χ2n) is 6.53. The molecule has 0 saturated carbocycles. The highest BCUT2D eigenvalue weighted by Crippen LogP contribution is 2.15. The van der Waals surface area contributed by atoms with Crippen LogP contribution < -0.4 is 5.32 Å². The molecule has 0 aliphatic carbocycles. The Morgan fingerprint density at radius 3 is 2.23 bits per heavy atom. The maximum absolute atomic E-state index is 13.0. The van der Waals surface area contributed by atoms with E-state index in [-0.39, 0.29) is 11.8 Å². The number of rotatable bonds is 8. The Morgan fingerprint density at radius 2 is 1.65 bits per heavy atom. The molecule has 0 radical (unpaired) electrons. The predicted molar refractivity (Wildman–Crippen MR) is 105 cm³/mol. The monoisotopic (exact) mass is 352 g/mol. The molecule has 0 fully saturated rings. The van der Waals surface area contributed by atoms with Gasteiger partial charge in [-0.15, -0.1) is 0 Å². The lowest BCUT2D eigenvalue weighted by Crippen LogP contribution is -2.48. The molecule has 2 amide bonds. The van der Waals surface area contributed by atoms with Gasteiger partial charge in [-0.1, -0.05) is 67.1 Å². The van der Waals surface area contributed by atoms with E-state index in [0.717, 1.165) is 11.1 Å². The Hall–Kier alpha value is -2.62. The fraction of sp³-hybridized carbons (Fsp3) is 0.364. The first-order chi connectivity index (χ1) is 12.5. The molecule has 0 aromatic heterocycles. The van der Waals surface area contributed by atoms with Crippen molar-refractivity contribution in [1.29, 1.82) is 0 Å². The Balaban J connectivity index is 2.13. The van der Waals surface area contributed by atoms with Crippen molar-refractivity contribution in [3.63, 3.8) is 0 Å². The van der Waals surface area contributed by atoms with Gasteiger partial charge in [0.1, 0.15) is 6.04 Å². The van der Waals surface area contributed by atoms with Crippen LogP contribution in [0, 0.1) is 6.92 Å². The minimum atomic E-state index is -0.453. The third-order valence-corrected chi connectivity index (χ3v) is 4.58. The van der Waals surface area contributed by atoms with Gasteiger partial charge in [-0.25, -0.2) is 0 Å². The largest absolute Gasteiger partial charge is 0.357 e. The quantitative estimate of drug-likeness (QED) is 0.791. The zero-order valence-electron chi connectivity index (χ0n) is 15.9. The summed E-state index contributed by atoms with van der Waals surface area (Å²) in [6.07, 6.45) is 1.65. The lowest BCUT2D eigenvalue weighted by atomic mass is 10.1. The van der Waals surface area contributed by atoms with Gasteiger partial charge in [0.15, 0.2) is 0 Å². The molecule has 0 aliphatic heterocycles. The SMILES string of the molecule is CC[C@H](C(=O)NC)N(Cc1ccccc1)C(=O)CCc1ccc(C)cc1. The van der Waals surface area contributed by atoms with E-state index in [1.165, 1.54) is 5.56 Å². The molecular weight excluding hydrogens is 324 g/mol. The van der Waals surface area contributed by atoms with Crippen LogP contribution in [0.5, 0.6) is 0 Å². The summed E-state index contributed by atoms with van der Waals surface area (Å²) >= 11 is 0. The molecule has 2 aromatic carbocycles. The fourth-order valence-corrected chi connectivity index (χ4v) is 3.02. The van der Waals surface area contributed by atoms with Crippen molar-refractivity contribution in [3.05, 3.63) is 71.3 Å². The third kappa shape index (κ3) is 5.45. The van der Waals surface area contributed by atoms with Crippen LogP contribution in [0.2, 0.25) is 0 Å². The van der Waals surface area contributed by atoms with E-state index in [2.05, 4.69) is 29.6 Å². The summed E-state index contributed by atoms with van der Waals surface area (Å²) in [5.41, 5.74) is 3.37. The minimum absolute atomic E-state index is 0.00452. The molecule has 0 bridgehead atoms. The molecule has 4 nitrogen and oxygen atoms in total. The summed E-state index contributed by atoms with van der Waals surface area (Å²) in [6.45, 7) is 4.43. The summed E-state index contributed by atoms with van der Waals surface area (Å²) in [4.78, 5) is 27.0. The maximum atomic E-state index is 13.0. The third-order valence-electron chi connectivity index (χ3n) is 4.58. The smallest absolute Gasteiger partial charge is 0.242 e. The molecular formula is C22H28N2O2. The van der Waals surface area contributed by atoms with E-state index in [1.54, 1.807) is 11.9 Å². The van der Waals surface area contributed by atoms with Crippen LogP contribution in [0.4, 0.5) is 0 Å². The second kappa shape index (κ2) is 9.76. The molecule has 0 unspecified atom stereocenters. The van der Waals surface area contributed by atoms with Gasteiger partial charge in [0, 0.05) is 20.0 Å². The van der Waals surface area contributed by atoms with Crippen LogP contribution in [0.15, 0.2) is 54.6 Å². The number of carbonyl (C=O) groups is 2. The van der Waals surface area contributed by atoms with Gasteiger partial charge in [-0.3, -0.25) is 9.59 Å². The van der Waals surface area contributed by atoms with Crippen LogP contribution in [0.1, 0.15) is 36.5 Å². The molecule has 0 saturated heterocycles.